The van der Waals surface area contributed by atoms with E-state index in [1.54, 1.807) is 30.6 Å². The number of rotatable bonds is 5. The van der Waals surface area contributed by atoms with Gasteiger partial charge in [0.1, 0.15) is 18.8 Å². The van der Waals surface area contributed by atoms with Crippen molar-refractivity contribution in [3.05, 3.63) is 48.6 Å². The van der Waals surface area contributed by atoms with Gasteiger partial charge in [-0.25, -0.2) is 8.42 Å². The third-order valence-electron chi connectivity index (χ3n) is 5.63. The van der Waals surface area contributed by atoms with Crippen LogP contribution in [0.25, 0.3) is 11.4 Å². The van der Waals surface area contributed by atoms with Crippen molar-refractivity contribution in [2.75, 3.05) is 13.2 Å². The van der Waals surface area contributed by atoms with E-state index in [1.165, 1.54) is 12.1 Å². The van der Waals surface area contributed by atoms with Gasteiger partial charge in [-0.2, -0.15) is 9.71 Å². The van der Waals surface area contributed by atoms with E-state index in [2.05, 4.69) is 19.8 Å². The second kappa shape index (κ2) is 7.93. The summed E-state index contributed by atoms with van der Waals surface area (Å²) < 4.78 is 46.2. The summed E-state index contributed by atoms with van der Waals surface area (Å²) in [6.45, 7) is 0.824. The fourth-order valence-corrected chi connectivity index (χ4v) is 5.49. The fraction of sp³-hybridized carbons (Fsp3) is 0.381. The largest absolute Gasteiger partial charge is 0.486 e. The van der Waals surface area contributed by atoms with Crippen LogP contribution in [0, 0.1) is 0 Å². The predicted molar refractivity (Wildman–Crippen MR) is 110 cm³/mol. The maximum Gasteiger partial charge on any atom is 0.248 e. The lowest BCUT2D eigenvalue weighted by molar-refractivity contribution is 0.171. The van der Waals surface area contributed by atoms with Gasteiger partial charge in [-0.15, -0.1) is 0 Å². The fourth-order valence-electron chi connectivity index (χ4n) is 4.06. The topological polar surface area (TPSA) is 116 Å². The smallest absolute Gasteiger partial charge is 0.248 e. The standard InChI is InChI=1S/C21H22N4O5S/c26-31(27,16-4-5-17-18(14-16)29-13-12-28-17)25-21(8-2-1-3-9-21)20-23-19(24-30-20)15-6-10-22-11-7-15/h4-7,10-11,14,25H,1-3,8-9,12-13H2. The van der Waals surface area contributed by atoms with Crippen LogP contribution in [-0.4, -0.2) is 36.8 Å². The Morgan fingerprint density at radius 3 is 2.45 bits per heavy atom. The first-order chi connectivity index (χ1) is 15.1. The molecule has 1 saturated carbocycles. The van der Waals surface area contributed by atoms with Gasteiger partial charge >= 0.3 is 0 Å². The van der Waals surface area contributed by atoms with Crippen molar-refractivity contribution >= 4 is 10.0 Å². The van der Waals surface area contributed by atoms with Gasteiger partial charge in [-0.1, -0.05) is 24.4 Å². The Labute approximate surface area is 179 Å². The minimum Gasteiger partial charge on any atom is -0.486 e. The Balaban J connectivity index is 1.49. The summed E-state index contributed by atoms with van der Waals surface area (Å²) >= 11 is 0. The first-order valence-corrected chi connectivity index (χ1v) is 11.7. The number of nitrogens with zero attached hydrogens (tertiary/aromatic N) is 3. The second-order valence-corrected chi connectivity index (χ2v) is 9.40. The maximum atomic E-state index is 13.3. The molecule has 0 spiro atoms. The number of fused-ring (bicyclic) bond motifs is 1. The third kappa shape index (κ3) is 3.88. The van der Waals surface area contributed by atoms with Crippen molar-refractivity contribution in [1.82, 2.24) is 19.8 Å². The first-order valence-electron chi connectivity index (χ1n) is 10.2. The van der Waals surface area contributed by atoms with Gasteiger partial charge in [-0.3, -0.25) is 4.98 Å². The van der Waals surface area contributed by atoms with Crippen LogP contribution < -0.4 is 14.2 Å². The van der Waals surface area contributed by atoms with Crippen molar-refractivity contribution in [2.45, 2.75) is 42.5 Å². The third-order valence-corrected chi connectivity index (χ3v) is 7.17. The van der Waals surface area contributed by atoms with Crippen LogP contribution in [0.4, 0.5) is 0 Å². The number of sulfonamides is 1. The van der Waals surface area contributed by atoms with Crippen LogP contribution in [0.2, 0.25) is 0 Å². The van der Waals surface area contributed by atoms with E-state index in [-0.39, 0.29) is 10.8 Å². The summed E-state index contributed by atoms with van der Waals surface area (Å²) in [7, 11) is -3.88. The van der Waals surface area contributed by atoms with Crippen LogP contribution in [0.1, 0.15) is 38.0 Å². The number of hydrogen-bond acceptors (Lipinski definition) is 8. The second-order valence-electron chi connectivity index (χ2n) is 7.71. The van der Waals surface area contributed by atoms with Gasteiger partial charge in [0.15, 0.2) is 11.5 Å². The van der Waals surface area contributed by atoms with Crippen molar-refractivity contribution in [3.8, 4) is 22.9 Å². The number of nitrogens with one attached hydrogen (secondary N) is 1. The minimum absolute atomic E-state index is 0.107. The molecule has 0 saturated heterocycles. The summed E-state index contributed by atoms with van der Waals surface area (Å²) in [6, 6.07) is 8.18. The number of pyridine rings is 1. The summed E-state index contributed by atoms with van der Waals surface area (Å²) in [5.41, 5.74) is -0.200. The molecule has 0 bridgehead atoms. The molecule has 2 aliphatic rings. The van der Waals surface area contributed by atoms with Gasteiger partial charge in [0.25, 0.3) is 0 Å². The molecule has 1 aliphatic heterocycles. The van der Waals surface area contributed by atoms with E-state index >= 15 is 0 Å². The maximum absolute atomic E-state index is 13.3. The number of aromatic nitrogens is 3. The van der Waals surface area contributed by atoms with E-state index in [1.807, 2.05) is 0 Å². The molecule has 0 amide bonds. The van der Waals surface area contributed by atoms with E-state index < -0.39 is 15.6 Å². The highest BCUT2D eigenvalue weighted by molar-refractivity contribution is 7.89. The zero-order valence-electron chi connectivity index (χ0n) is 16.8. The van der Waals surface area contributed by atoms with E-state index in [0.29, 0.717) is 43.4 Å². The van der Waals surface area contributed by atoms with Crippen LogP contribution in [0.3, 0.4) is 0 Å². The normalized spacial score (nSPS) is 17.9. The van der Waals surface area contributed by atoms with Gasteiger partial charge in [0, 0.05) is 24.0 Å². The number of hydrogen-bond donors (Lipinski definition) is 1. The molecule has 0 atom stereocenters. The summed E-state index contributed by atoms with van der Waals surface area (Å²) in [5.74, 6) is 1.64. The molecule has 31 heavy (non-hydrogen) atoms. The quantitative estimate of drug-likeness (QED) is 0.641. The van der Waals surface area contributed by atoms with Crippen LogP contribution in [0.5, 0.6) is 11.5 Å². The molecule has 1 aliphatic carbocycles. The Hall–Kier alpha value is -2.98. The Morgan fingerprint density at radius 2 is 1.68 bits per heavy atom. The zero-order chi connectivity index (χ0) is 21.3. The average Bonchev–Trinajstić information content (AvgIpc) is 3.31. The molecule has 162 valence electrons. The lowest BCUT2D eigenvalue weighted by atomic mass is 9.82. The molecule has 9 nitrogen and oxygen atoms in total. The Morgan fingerprint density at radius 1 is 0.935 bits per heavy atom. The monoisotopic (exact) mass is 442 g/mol. The van der Waals surface area contributed by atoms with Crippen molar-refractivity contribution in [1.29, 1.82) is 0 Å². The zero-order valence-corrected chi connectivity index (χ0v) is 17.6. The van der Waals surface area contributed by atoms with Crippen LogP contribution in [-0.2, 0) is 15.6 Å². The molecule has 0 radical (unpaired) electrons. The van der Waals surface area contributed by atoms with E-state index in [4.69, 9.17) is 14.0 Å². The molecule has 1 N–H and O–H groups in total. The van der Waals surface area contributed by atoms with Gasteiger partial charge < -0.3 is 14.0 Å². The molecule has 1 fully saturated rings. The molecular weight excluding hydrogens is 420 g/mol. The van der Waals surface area contributed by atoms with Crippen molar-refractivity contribution in [2.24, 2.45) is 0 Å². The summed E-state index contributed by atoms with van der Waals surface area (Å²) in [5, 5.41) is 4.08. The number of ether oxygens (including phenoxy) is 2. The molecule has 3 heterocycles. The molecular formula is C21H22N4O5S. The number of benzene rings is 1. The SMILES string of the molecule is O=S(=O)(NC1(c2nc(-c3ccncc3)no2)CCCCC1)c1ccc2c(c1)OCCO2. The van der Waals surface area contributed by atoms with Gasteiger partial charge in [0.2, 0.25) is 21.7 Å². The van der Waals surface area contributed by atoms with E-state index in [0.717, 1.165) is 24.8 Å². The molecule has 3 aromatic rings. The first kappa shape index (κ1) is 20.0. The molecule has 1 aromatic carbocycles. The van der Waals surface area contributed by atoms with Crippen molar-refractivity contribution < 1.29 is 22.4 Å². The summed E-state index contributed by atoms with van der Waals surface area (Å²) in [6.07, 6.45) is 7.19. The molecule has 5 rings (SSSR count). The highest BCUT2D eigenvalue weighted by atomic mass is 32.2. The summed E-state index contributed by atoms with van der Waals surface area (Å²) in [4.78, 5) is 8.65. The molecule has 10 heteroatoms. The van der Waals surface area contributed by atoms with Crippen LogP contribution >= 0.6 is 0 Å². The van der Waals surface area contributed by atoms with Gasteiger partial charge in [0.05, 0.1) is 4.90 Å². The Kier molecular flexibility index (Phi) is 5.11. The highest BCUT2D eigenvalue weighted by Gasteiger charge is 2.43. The van der Waals surface area contributed by atoms with E-state index in [9.17, 15) is 8.42 Å². The molecule has 0 unspecified atom stereocenters. The Bertz CT molecular complexity index is 1170. The average molecular weight is 442 g/mol. The van der Waals surface area contributed by atoms with Crippen molar-refractivity contribution in [3.63, 3.8) is 0 Å². The lowest BCUT2D eigenvalue weighted by Gasteiger charge is -2.34. The highest BCUT2D eigenvalue weighted by Crippen LogP contribution is 2.39. The molecule has 2 aromatic heterocycles. The lowest BCUT2D eigenvalue weighted by Crippen LogP contribution is -2.47. The minimum atomic E-state index is -3.88. The van der Waals surface area contributed by atoms with Gasteiger partial charge in [-0.05, 0) is 37.1 Å². The predicted octanol–water partition coefficient (Wildman–Crippen LogP) is 3.04. The van der Waals surface area contributed by atoms with Crippen LogP contribution in [0.15, 0.2) is 52.1 Å².